The second kappa shape index (κ2) is 9.67. The van der Waals surface area contributed by atoms with E-state index >= 15 is 0 Å². The summed E-state index contributed by atoms with van der Waals surface area (Å²) in [6.07, 6.45) is 1.60. The van der Waals surface area contributed by atoms with Crippen LogP contribution in [0.1, 0.15) is 18.1 Å². The summed E-state index contributed by atoms with van der Waals surface area (Å²) in [5, 5.41) is 12.9. The minimum Gasteiger partial charge on any atom is -0.323 e. The van der Waals surface area contributed by atoms with Gasteiger partial charge in [0.2, 0.25) is 10.0 Å². The largest absolute Gasteiger partial charge is 0.323 e. The van der Waals surface area contributed by atoms with Gasteiger partial charge in [0.25, 0.3) is 5.91 Å². The van der Waals surface area contributed by atoms with E-state index in [1.54, 1.807) is 30.3 Å². The van der Waals surface area contributed by atoms with Gasteiger partial charge in [0.05, 0.1) is 37.8 Å². The number of hydrogen-bond acceptors (Lipinski definition) is 4. The second-order valence-corrected chi connectivity index (χ2v) is 9.03. The Balaban J connectivity index is 1.54. The first-order valence-electron chi connectivity index (χ1n) is 9.78. The maximum absolute atomic E-state index is 12.6. The summed E-state index contributed by atoms with van der Waals surface area (Å²) in [6.45, 7) is 3.69. The average molecular weight is 426 g/mol. The van der Waals surface area contributed by atoms with Crippen LogP contribution in [0.5, 0.6) is 0 Å². The molecule has 0 aliphatic carbocycles. The van der Waals surface area contributed by atoms with E-state index in [1.807, 2.05) is 43.3 Å². The first-order chi connectivity index (χ1) is 14.4. The normalized spacial score (nSPS) is 16.8. The summed E-state index contributed by atoms with van der Waals surface area (Å²) in [5.74, 6) is -0.130. The fourth-order valence-electron chi connectivity index (χ4n) is 3.34. The minimum absolute atomic E-state index is 0.130. The molecule has 0 spiro atoms. The molecule has 0 bridgehead atoms. The number of anilines is 1. The second-order valence-electron chi connectivity index (χ2n) is 7.22. The van der Waals surface area contributed by atoms with Crippen molar-refractivity contribution in [3.05, 3.63) is 71.1 Å². The number of piperazine rings is 1. The zero-order chi connectivity index (χ0) is 21.6. The molecule has 156 valence electrons. The monoisotopic (exact) mass is 425 g/mol. The lowest BCUT2D eigenvalue weighted by molar-refractivity contribution is -0.917. The van der Waals surface area contributed by atoms with Gasteiger partial charge in [0.15, 0.2) is 6.04 Å². The molecule has 0 aromatic heterocycles. The first kappa shape index (κ1) is 21.7. The molecular formula is C22H25N4O3S+. The van der Waals surface area contributed by atoms with Crippen LogP contribution in [0, 0.1) is 11.3 Å². The number of benzene rings is 2. The third kappa shape index (κ3) is 5.54. The van der Waals surface area contributed by atoms with Gasteiger partial charge in [-0.25, -0.2) is 8.42 Å². The van der Waals surface area contributed by atoms with E-state index < -0.39 is 10.0 Å². The van der Waals surface area contributed by atoms with Gasteiger partial charge >= 0.3 is 0 Å². The van der Waals surface area contributed by atoms with Gasteiger partial charge in [0, 0.05) is 11.1 Å². The van der Waals surface area contributed by atoms with E-state index in [0.29, 0.717) is 37.4 Å². The fourth-order valence-corrected chi connectivity index (χ4v) is 4.53. The van der Waals surface area contributed by atoms with Crippen LogP contribution in [-0.4, -0.2) is 50.9 Å². The molecule has 2 aromatic rings. The lowest BCUT2D eigenvalue weighted by Gasteiger charge is -2.33. The number of nitriles is 1. The van der Waals surface area contributed by atoms with E-state index in [2.05, 4.69) is 5.32 Å². The van der Waals surface area contributed by atoms with E-state index in [0.717, 1.165) is 10.5 Å². The van der Waals surface area contributed by atoms with Crippen molar-refractivity contribution in [1.82, 2.24) is 4.31 Å². The standard InChI is InChI=1S/C22H24N4O3S/c1-18(22(27)24-21-9-7-20(17-23)8-10-21)25-12-14-26(15-13-25)30(28,29)16-11-19-5-3-2-4-6-19/h2-11,16,18H,12-15H2,1H3,(H,24,27)/p+1/b16-11+/t18-/m1/s1. The van der Waals surface area contributed by atoms with Crippen molar-refractivity contribution in [1.29, 1.82) is 5.26 Å². The van der Waals surface area contributed by atoms with Crippen molar-refractivity contribution >= 4 is 27.7 Å². The highest BCUT2D eigenvalue weighted by Gasteiger charge is 2.32. The Kier molecular flexibility index (Phi) is 7.00. The Bertz CT molecular complexity index is 1040. The molecule has 1 atom stereocenters. The number of nitrogens with one attached hydrogen (secondary N) is 2. The van der Waals surface area contributed by atoms with Gasteiger partial charge in [0.1, 0.15) is 0 Å². The van der Waals surface area contributed by atoms with E-state index in [-0.39, 0.29) is 11.9 Å². The van der Waals surface area contributed by atoms with Gasteiger partial charge in [-0.2, -0.15) is 9.57 Å². The number of sulfonamides is 1. The zero-order valence-electron chi connectivity index (χ0n) is 16.8. The molecule has 30 heavy (non-hydrogen) atoms. The number of nitrogens with zero attached hydrogens (tertiary/aromatic N) is 2. The third-order valence-corrected chi connectivity index (χ3v) is 6.81. The molecule has 1 heterocycles. The van der Waals surface area contributed by atoms with Crippen molar-refractivity contribution in [2.24, 2.45) is 0 Å². The minimum atomic E-state index is -3.49. The number of carbonyl (C=O) groups excluding carboxylic acids is 1. The van der Waals surface area contributed by atoms with Crippen molar-refractivity contribution < 1.29 is 18.1 Å². The molecule has 1 aliphatic heterocycles. The van der Waals surface area contributed by atoms with Crippen LogP contribution < -0.4 is 10.2 Å². The molecule has 0 saturated carbocycles. The highest BCUT2D eigenvalue weighted by Crippen LogP contribution is 2.10. The topological polar surface area (TPSA) is 94.7 Å². The lowest BCUT2D eigenvalue weighted by atomic mass is 10.2. The molecule has 1 aliphatic rings. The van der Waals surface area contributed by atoms with Gasteiger partial charge in [-0.05, 0) is 42.8 Å². The van der Waals surface area contributed by atoms with Crippen LogP contribution >= 0.6 is 0 Å². The van der Waals surface area contributed by atoms with Crippen LogP contribution in [0.15, 0.2) is 60.0 Å². The summed E-state index contributed by atoms with van der Waals surface area (Å²) >= 11 is 0. The Hall–Kier alpha value is -2.99. The summed E-state index contributed by atoms with van der Waals surface area (Å²) in [7, 11) is -3.49. The lowest BCUT2D eigenvalue weighted by Crippen LogP contribution is -3.19. The number of quaternary nitrogens is 1. The van der Waals surface area contributed by atoms with Gasteiger partial charge in [-0.15, -0.1) is 0 Å². The number of amides is 1. The summed E-state index contributed by atoms with van der Waals surface area (Å²) < 4.78 is 26.6. The van der Waals surface area contributed by atoms with E-state index in [4.69, 9.17) is 5.26 Å². The summed E-state index contributed by atoms with van der Waals surface area (Å²) in [5.41, 5.74) is 2.00. The smallest absolute Gasteiger partial charge is 0.282 e. The molecule has 2 aromatic carbocycles. The molecule has 2 N–H and O–H groups in total. The molecule has 8 heteroatoms. The Morgan fingerprint density at radius 2 is 1.77 bits per heavy atom. The molecule has 1 fully saturated rings. The van der Waals surface area contributed by atoms with Crippen molar-refractivity contribution in [2.75, 3.05) is 31.5 Å². The molecule has 1 amide bonds. The zero-order valence-corrected chi connectivity index (χ0v) is 17.6. The quantitative estimate of drug-likeness (QED) is 0.724. The summed E-state index contributed by atoms with van der Waals surface area (Å²) in [6, 6.07) is 17.7. The van der Waals surface area contributed by atoms with Crippen molar-refractivity contribution in [3.63, 3.8) is 0 Å². The predicted molar refractivity (Wildman–Crippen MR) is 116 cm³/mol. The number of rotatable bonds is 6. The molecule has 3 rings (SSSR count). The van der Waals surface area contributed by atoms with E-state index in [9.17, 15) is 13.2 Å². The molecule has 0 unspecified atom stereocenters. The average Bonchev–Trinajstić information content (AvgIpc) is 2.78. The SMILES string of the molecule is C[C@H](C(=O)Nc1ccc(C#N)cc1)[NH+]1CCN(S(=O)(=O)/C=C/c2ccccc2)CC1. The van der Waals surface area contributed by atoms with Gasteiger partial charge in [-0.3, -0.25) is 4.79 Å². The maximum atomic E-state index is 12.6. The van der Waals surface area contributed by atoms with Crippen LogP contribution in [-0.2, 0) is 14.8 Å². The molecule has 7 nitrogen and oxygen atoms in total. The summed E-state index contributed by atoms with van der Waals surface area (Å²) in [4.78, 5) is 13.6. The third-order valence-electron chi connectivity index (χ3n) is 5.24. The van der Waals surface area contributed by atoms with Crippen LogP contribution in [0.4, 0.5) is 5.69 Å². The first-order valence-corrected chi connectivity index (χ1v) is 11.3. The fraction of sp³-hybridized carbons (Fsp3) is 0.273. The maximum Gasteiger partial charge on any atom is 0.282 e. The molecule has 0 radical (unpaired) electrons. The molecular weight excluding hydrogens is 400 g/mol. The van der Waals surface area contributed by atoms with Crippen LogP contribution in [0.2, 0.25) is 0 Å². The van der Waals surface area contributed by atoms with Crippen LogP contribution in [0.25, 0.3) is 6.08 Å². The predicted octanol–water partition coefficient (Wildman–Crippen LogP) is 1.09. The van der Waals surface area contributed by atoms with Gasteiger partial charge < -0.3 is 10.2 Å². The highest BCUT2D eigenvalue weighted by molar-refractivity contribution is 7.92. The number of hydrogen-bond donors (Lipinski definition) is 2. The van der Waals surface area contributed by atoms with Crippen molar-refractivity contribution in [3.8, 4) is 6.07 Å². The molecule has 1 saturated heterocycles. The Labute approximate surface area is 177 Å². The van der Waals surface area contributed by atoms with Gasteiger partial charge in [-0.1, -0.05) is 30.3 Å². The van der Waals surface area contributed by atoms with Crippen molar-refractivity contribution in [2.45, 2.75) is 13.0 Å². The Morgan fingerprint density at radius 1 is 1.13 bits per heavy atom. The van der Waals surface area contributed by atoms with E-state index in [1.165, 1.54) is 9.71 Å². The Morgan fingerprint density at radius 3 is 2.37 bits per heavy atom. The van der Waals surface area contributed by atoms with Crippen LogP contribution in [0.3, 0.4) is 0 Å². The number of carbonyl (C=O) groups is 1. The highest BCUT2D eigenvalue weighted by atomic mass is 32.2.